The normalized spacial score (nSPS) is 25.7. The molecule has 1 aromatic carbocycles. The lowest BCUT2D eigenvalue weighted by Crippen LogP contribution is -2.51. The third-order valence-corrected chi connectivity index (χ3v) is 3.42. The average molecular weight is 262 g/mol. The number of carbonyl (C=O) groups excluding carboxylic acids is 2. The summed E-state index contributed by atoms with van der Waals surface area (Å²) in [4.78, 5) is 22.8. The number of fused-ring (bicyclic) bond motifs is 1. The van der Waals surface area contributed by atoms with Crippen LogP contribution in [0.25, 0.3) is 0 Å². The van der Waals surface area contributed by atoms with Crippen molar-refractivity contribution in [3.05, 3.63) is 23.8 Å². The van der Waals surface area contributed by atoms with E-state index in [1.54, 1.807) is 18.2 Å². The van der Waals surface area contributed by atoms with Gasteiger partial charge in [0.05, 0.1) is 12.1 Å². The van der Waals surface area contributed by atoms with Gasteiger partial charge in [-0.3, -0.25) is 20.2 Å². The molecule has 1 saturated heterocycles. The molecule has 2 aliphatic heterocycles. The zero-order valence-electron chi connectivity index (χ0n) is 10.2. The molecular weight excluding hydrogens is 248 g/mol. The maximum absolute atomic E-state index is 11.7. The standard InChI is InChI=1S/C13H14N2O4/c16-7-1-2-8-10(6-19-11(8)5-7)14-9-3-4-12(17)15-13(9)18/h1-2,5,9-10,14,16H,3-4,6H2,(H,15,17,18). The van der Waals surface area contributed by atoms with Gasteiger partial charge in [-0.05, 0) is 18.6 Å². The Morgan fingerprint density at radius 3 is 2.95 bits per heavy atom. The van der Waals surface area contributed by atoms with Crippen LogP contribution in [0.2, 0.25) is 0 Å². The van der Waals surface area contributed by atoms with Gasteiger partial charge in [0.15, 0.2) is 0 Å². The second-order valence-corrected chi connectivity index (χ2v) is 4.76. The molecule has 6 heteroatoms. The molecule has 0 spiro atoms. The van der Waals surface area contributed by atoms with Gasteiger partial charge in [0.25, 0.3) is 0 Å². The minimum atomic E-state index is -0.383. The molecule has 1 fully saturated rings. The Balaban J connectivity index is 1.73. The van der Waals surface area contributed by atoms with Crippen LogP contribution in [0.1, 0.15) is 24.4 Å². The van der Waals surface area contributed by atoms with Crippen LogP contribution >= 0.6 is 0 Å². The van der Waals surface area contributed by atoms with Gasteiger partial charge >= 0.3 is 0 Å². The Labute approximate surface area is 109 Å². The van der Waals surface area contributed by atoms with Crippen molar-refractivity contribution in [1.82, 2.24) is 10.6 Å². The minimum Gasteiger partial charge on any atom is -0.508 e. The third kappa shape index (κ3) is 2.26. The Morgan fingerprint density at radius 2 is 2.16 bits per heavy atom. The quantitative estimate of drug-likeness (QED) is 0.664. The second kappa shape index (κ2) is 4.55. The van der Waals surface area contributed by atoms with E-state index in [0.717, 1.165) is 5.56 Å². The minimum absolute atomic E-state index is 0.0976. The molecule has 6 nitrogen and oxygen atoms in total. The van der Waals surface area contributed by atoms with E-state index in [2.05, 4.69) is 10.6 Å². The maximum atomic E-state index is 11.7. The van der Waals surface area contributed by atoms with Crippen molar-refractivity contribution >= 4 is 11.8 Å². The summed E-state index contributed by atoms with van der Waals surface area (Å²) in [6.45, 7) is 0.413. The highest BCUT2D eigenvalue weighted by Crippen LogP contribution is 2.35. The number of hydrogen-bond donors (Lipinski definition) is 3. The lowest BCUT2D eigenvalue weighted by molar-refractivity contribution is -0.134. The molecule has 3 rings (SSSR count). The largest absolute Gasteiger partial charge is 0.508 e. The number of imide groups is 1. The van der Waals surface area contributed by atoms with E-state index in [4.69, 9.17) is 4.74 Å². The van der Waals surface area contributed by atoms with Gasteiger partial charge in [0, 0.05) is 18.1 Å². The van der Waals surface area contributed by atoms with Crippen LogP contribution < -0.4 is 15.4 Å². The molecule has 2 amide bonds. The highest BCUT2D eigenvalue weighted by Gasteiger charge is 2.32. The predicted octanol–water partition coefficient (Wildman–Crippen LogP) is 0.221. The summed E-state index contributed by atoms with van der Waals surface area (Å²) in [5, 5.41) is 14.9. The zero-order valence-corrected chi connectivity index (χ0v) is 10.2. The van der Waals surface area contributed by atoms with Gasteiger partial charge in [-0.2, -0.15) is 0 Å². The molecule has 2 aliphatic rings. The van der Waals surface area contributed by atoms with Crippen molar-refractivity contribution < 1.29 is 19.4 Å². The van der Waals surface area contributed by atoms with Gasteiger partial charge in [-0.15, -0.1) is 0 Å². The molecule has 0 aromatic heterocycles. The summed E-state index contributed by atoms with van der Waals surface area (Å²) in [5.41, 5.74) is 0.919. The van der Waals surface area contributed by atoms with Crippen LogP contribution in [0.5, 0.6) is 11.5 Å². The molecule has 19 heavy (non-hydrogen) atoms. The Hall–Kier alpha value is -2.08. The summed E-state index contributed by atoms with van der Waals surface area (Å²) >= 11 is 0. The summed E-state index contributed by atoms with van der Waals surface area (Å²) in [5.74, 6) is 0.268. The predicted molar refractivity (Wildman–Crippen MR) is 65.7 cm³/mol. The number of rotatable bonds is 2. The van der Waals surface area contributed by atoms with E-state index >= 15 is 0 Å². The molecule has 2 unspecified atom stereocenters. The fourth-order valence-corrected chi connectivity index (χ4v) is 2.43. The summed E-state index contributed by atoms with van der Waals surface area (Å²) in [6, 6.07) is 4.45. The van der Waals surface area contributed by atoms with Crippen molar-refractivity contribution in [1.29, 1.82) is 0 Å². The molecule has 3 N–H and O–H groups in total. The second-order valence-electron chi connectivity index (χ2n) is 4.76. The van der Waals surface area contributed by atoms with Gasteiger partial charge in [0.1, 0.15) is 18.1 Å². The number of piperidine rings is 1. The van der Waals surface area contributed by atoms with Crippen LogP contribution in [-0.2, 0) is 9.59 Å². The number of nitrogens with one attached hydrogen (secondary N) is 2. The van der Waals surface area contributed by atoms with Crippen molar-refractivity contribution in [3.8, 4) is 11.5 Å². The first-order chi connectivity index (χ1) is 9.13. The number of phenols is 1. The fraction of sp³-hybridized carbons (Fsp3) is 0.385. The van der Waals surface area contributed by atoms with E-state index in [9.17, 15) is 14.7 Å². The van der Waals surface area contributed by atoms with E-state index in [1.165, 1.54) is 0 Å². The van der Waals surface area contributed by atoms with E-state index in [0.29, 0.717) is 25.2 Å². The lowest BCUT2D eigenvalue weighted by Gasteiger charge is -2.24. The van der Waals surface area contributed by atoms with Crippen LogP contribution in [-0.4, -0.2) is 29.6 Å². The first-order valence-corrected chi connectivity index (χ1v) is 6.19. The van der Waals surface area contributed by atoms with Gasteiger partial charge in [0.2, 0.25) is 11.8 Å². The Kier molecular flexibility index (Phi) is 2.87. The summed E-state index contributed by atoms with van der Waals surface area (Å²) in [6.07, 6.45) is 0.841. The molecule has 0 radical (unpaired) electrons. The van der Waals surface area contributed by atoms with Crippen molar-refractivity contribution in [2.75, 3.05) is 6.61 Å². The van der Waals surface area contributed by atoms with Crippen LogP contribution in [0, 0.1) is 0 Å². The summed E-state index contributed by atoms with van der Waals surface area (Å²) in [7, 11) is 0. The smallest absolute Gasteiger partial charge is 0.243 e. The zero-order chi connectivity index (χ0) is 13.4. The number of aromatic hydroxyl groups is 1. The highest BCUT2D eigenvalue weighted by molar-refractivity contribution is 6.00. The van der Waals surface area contributed by atoms with E-state index < -0.39 is 0 Å². The Morgan fingerprint density at radius 1 is 1.32 bits per heavy atom. The third-order valence-electron chi connectivity index (χ3n) is 3.42. The first-order valence-electron chi connectivity index (χ1n) is 6.19. The van der Waals surface area contributed by atoms with Crippen LogP contribution in [0.3, 0.4) is 0 Å². The van der Waals surface area contributed by atoms with E-state index in [1.807, 2.05) is 0 Å². The highest BCUT2D eigenvalue weighted by atomic mass is 16.5. The molecule has 0 saturated carbocycles. The summed E-state index contributed by atoms with van der Waals surface area (Å²) < 4.78 is 5.47. The molecule has 2 atom stereocenters. The topological polar surface area (TPSA) is 87.7 Å². The van der Waals surface area contributed by atoms with E-state index in [-0.39, 0.29) is 29.6 Å². The molecule has 1 aromatic rings. The van der Waals surface area contributed by atoms with Gasteiger partial charge in [-0.25, -0.2) is 0 Å². The molecular formula is C13H14N2O4. The SMILES string of the molecule is O=C1CCC(NC2COc3cc(O)ccc32)C(=O)N1. The van der Waals surface area contributed by atoms with Gasteiger partial charge < -0.3 is 9.84 Å². The molecule has 100 valence electrons. The maximum Gasteiger partial charge on any atom is 0.243 e. The monoisotopic (exact) mass is 262 g/mol. The van der Waals surface area contributed by atoms with Crippen molar-refractivity contribution in [3.63, 3.8) is 0 Å². The number of benzene rings is 1. The number of phenolic OH excluding ortho intramolecular Hbond substituents is 1. The lowest BCUT2D eigenvalue weighted by atomic mass is 10.0. The number of ether oxygens (including phenoxy) is 1. The van der Waals surface area contributed by atoms with Gasteiger partial charge in [-0.1, -0.05) is 0 Å². The number of carbonyl (C=O) groups is 2. The average Bonchev–Trinajstić information content (AvgIpc) is 2.75. The first kappa shape index (κ1) is 12.0. The van der Waals surface area contributed by atoms with Crippen molar-refractivity contribution in [2.45, 2.75) is 24.9 Å². The fourth-order valence-electron chi connectivity index (χ4n) is 2.43. The Bertz CT molecular complexity index is 543. The number of amides is 2. The molecule has 0 bridgehead atoms. The molecule has 0 aliphatic carbocycles. The number of hydrogen-bond acceptors (Lipinski definition) is 5. The van der Waals surface area contributed by atoms with Crippen LogP contribution in [0.15, 0.2) is 18.2 Å². The van der Waals surface area contributed by atoms with Crippen molar-refractivity contribution in [2.24, 2.45) is 0 Å². The van der Waals surface area contributed by atoms with Crippen LogP contribution in [0.4, 0.5) is 0 Å². The molecule has 2 heterocycles.